The Hall–Kier alpha value is -1.36. The van der Waals surface area contributed by atoms with E-state index in [1.54, 1.807) is 6.07 Å². The van der Waals surface area contributed by atoms with Crippen LogP contribution in [-0.4, -0.2) is 17.0 Å². The van der Waals surface area contributed by atoms with Crippen molar-refractivity contribution in [3.8, 4) is 11.4 Å². The molecule has 0 radical (unpaired) electrons. The highest BCUT2D eigenvalue weighted by atomic mass is 35.5. The fraction of sp³-hybridized carbons (Fsp3) is 0.143. The number of benzene rings is 1. The van der Waals surface area contributed by atoms with Crippen LogP contribution in [0, 0.1) is 6.92 Å². The lowest BCUT2D eigenvalue weighted by molar-refractivity contribution is 1.21. The number of hydrogen-bond donors (Lipinski definition) is 1. The average Bonchev–Trinajstić information content (AvgIpc) is 2.76. The van der Waals surface area contributed by atoms with Gasteiger partial charge in [-0.05, 0) is 24.6 Å². The molecule has 1 N–H and O–H groups in total. The molecule has 0 aliphatic rings. The molecular weight excluding hydrogens is 313 g/mol. The van der Waals surface area contributed by atoms with Gasteiger partial charge >= 0.3 is 0 Å². The number of nitrogens with zero attached hydrogens (tertiary/aromatic N) is 2. The van der Waals surface area contributed by atoms with E-state index in [-0.39, 0.29) is 0 Å². The SMILES string of the molecule is CNc1nc(-c2cc(Cl)sc2Cl)nc2cccc(C)c12. The summed E-state index contributed by atoms with van der Waals surface area (Å²) < 4.78 is 1.23. The molecule has 0 saturated carbocycles. The summed E-state index contributed by atoms with van der Waals surface area (Å²) in [5.41, 5.74) is 2.78. The molecular formula is C14H11Cl2N3S. The van der Waals surface area contributed by atoms with Crippen LogP contribution < -0.4 is 5.32 Å². The zero-order valence-electron chi connectivity index (χ0n) is 10.9. The van der Waals surface area contributed by atoms with Gasteiger partial charge in [0.2, 0.25) is 0 Å². The zero-order valence-corrected chi connectivity index (χ0v) is 13.2. The number of halogens is 2. The van der Waals surface area contributed by atoms with Gasteiger partial charge in [0.25, 0.3) is 0 Å². The first-order valence-corrected chi connectivity index (χ1v) is 7.57. The second-order valence-electron chi connectivity index (χ2n) is 4.35. The largest absolute Gasteiger partial charge is 0.373 e. The molecule has 0 atom stereocenters. The molecule has 0 amide bonds. The van der Waals surface area contributed by atoms with Crippen LogP contribution in [0.5, 0.6) is 0 Å². The van der Waals surface area contributed by atoms with Crippen molar-refractivity contribution in [1.82, 2.24) is 9.97 Å². The highest BCUT2D eigenvalue weighted by Gasteiger charge is 2.14. The van der Waals surface area contributed by atoms with E-state index in [1.165, 1.54) is 11.3 Å². The van der Waals surface area contributed by atoms with Crippen LogP contribution in [0.1, 0.15) is 5.56 Å². The monoisotopic (exact) mass is 323 g/mol. The molecule has 2 heterocycles. The molecule has 0 unspecified atom stereocenters. The Morgan fingerprint density at radius 2 is 2.00 bits per heavy atom. The maximum atomic E-state index is 6.19. The molecule has 6 heteroatoms. The Labute approximate surface area is 130 Å². The Morgan fingerprint density at radius 1 is 1.20 bits per heavy atom. The van der Waals surface area contributed by atoms with Crippen molar-refractivity contribution < 1.29 is 0 Å². The van der Waals surface area contributed by atoms with Crippen LogP contribution >= 0.6 is 34.5 Å². The summed E-state index contributed by atoms with van der Waals surface area (Å²) in [6, 6.07) is 7.79. The number of nitrogens with one attached hydrogen (secondary N) is 1. The minimum absolute atomic E-state index is 0.584. The first-order chi connectivity index (χ1) is 9.60. The van der Waals surface area contributed by atoms with Gasteiger partial charge in [-0.1, -0.05) is 35.3 Å². The second kappa shape index (κ2) is 5.20. The fourth-order valence-electron chi connectivity index (χ4n) is 2.15. The highest BCUT2D eigenvalue weighted by molar-refractivity contribution is 7.20. The molecule has 0 aliphatic carbocycles. The van der Waals surface area contributed by atoms with Gasteiger partial charge in [-0.25, -0.2) is 9.97 Å². The minimum atomic E-state index is 0.584. The molecule has 1 aromatic carbocycles. The molecule has 0 aliphatic heterocycles. The second-order valence-corrected chi connectivity index (χ2v) is 6.64. The van der Waals surface area contributed by atoms with Gasteiger partial charge < -0.3 is 5.32 Å². The fourth-order valence-corrected chi connectivity index (χ4v) is 3.60. The number of aryl methyl sites for hydroxylation is 1. The lowest BCUT2D eigenvalue weighted by Crippen LogP contribution is -1.99. The summed E-state index contributed by atoms with van der Waals surface area (Å²) in [5, 5.41) is 4.15. The quantitative estimate of drug-likeness (QED) is 0.719. The summed E-state index contributed by atoms with van der Waals surface area (Å²) in [7, 11) is 1.85. The van der Waals surface area contributed by atoms with Gasteiger partial charge in [0.15, 0.2) is 5.82 Å². The molecule has 0 saturated heterocycles. The summed E-state index contributed by atoms with van der Waals surface area (Å²) in [4.78, 5) is 9.17. The van der Waals surface area contributed by atoms with E-state index in [4.69, 9.17) is 23.2 Å². The predicted molar refractivity (Wildman–Crippen MR) is 87.2 cm³/mol. The maximum Gasteiger partial charge on any atom is 0.164 e. The smallest absolute Gasteiger partial charge is 0.164 e. The van der Waals surface area contributed by atoms with E-state index in [0.717, 1.165) is 27.8 Å². The molecule has 0 bridgehead atoms. The lowest BCUT2D eigenvalue weighted by atomic mass is 10.1. The van der Waals surface area contributed by atoms with Gasteiger partial charge in [0.1, 0.15) is 10.2 Å². The Morgan fingerprint density at radius 3 is 2.65 bits per heavy atom. The topological polar surface area (TPSA) is 37.8 Å². The van der Waals surface area contributed by atoms with Crippen molar-refractivity contribution in [3.05, 3.63) is 38.5 Å². The Kier molecular flexibility index (Phi) is 3.54. The van der Waals surface area contributed by atoms with Crippen molar-refractivity contribution in [1.29, 1.82) is 0 Å². The van der Waals surface area contributed by atoms with Crippen LogP contribution in [-0.2, 0) is 0 Å². The van der Waals surface area contributed by atoms with Gasteiger partial charge in [0, 0.05) is 12.4 Å². The van der Waals surface area contributed by atoms with Gasteiger partial charge in [-0.15, -0.1) is 11.3 Å². The first kappa shape index (κ1) is 13.6. The standard InChI is InChI=1S/C14H11Cl2N3S/c1-7-4-3-5-9-11(7)14(17-2)19-13(18-9)8-6-10(15)20-12(8)16/h3-6H,1-2H3,(H,17,18,19). The Bertz CT molecular complexity index is 798. The normalized spacial score (nSPS) is 11.0. The van der Waals surface area contributed by atoms with E-state index in [0.29, 0.717) is 14.5 Å². The maximum absolute atomic E-state index is 6.19. The van der Waals surface area contributed by atoms with Crippen LogP contribution in [0.15, 0.2) is 24.3 Å². The third kappa shape index (κ3) is 2.24. The molecule has 3 nitrogen and oxygen atoms in total. The average molecular weight is 324 g/mol. The summed E-state index contributed by atoms with van der Waals surface area (Å²) in [6.45, 7) is 2.04. The van der Waals surface area contributed by atoms with Gasteiger partial charge in [-0.2, -0.15) is 0 Å². The van der Waals surface area contributed by atoms with E-state index in [1.807, 2.05) is 32.2 Å². The van der Waals surface area contributed by atoms with E-state index in [2.05, 4.69) is 15.3 Å². The number of aromatic nitrogens is 2. The molecule has 0 spiro atoms. The van der Waals surface area contributed by atoms with Crippen LogP contribution in [0.2, 0.25) is 8.67 Å². The number of rotatable bonds is 2. The molecule has 2 aromatic heterocycles. The third-order valence-electron chi connectivity index (χ3n) is 3.07. The molecule has 3 aromatic rings. The molecule has 3 rings (SSSR count). The number of fused-ring (bicyclic) bond motifs is 1. The van der Waals surface area contributed by atoms with Crippen LogP contribution in [0.4, 0.5) is 5.82 Å². The molecule has 0 fully saturated rings. The minimum Gasteiger partial charge on any atom is -0.373 e. The summed E-state index contributed by atoms with van der Waals surface area (Å²) >= 11 is 13.5. The van der Waals surface area contributed by atoms with Crippen molar-refractivity contribution in [3.63, 3.8) is 0 Å². The van der Waals surface area contributed by atoms with Crippen molar-refractivity contribution in [2.24, 2.45) is 0 Å². The van der Waals surface area contributed by atoms with Crippen LogP contribution in [0.25, 0.3) is 22.3 Å². The van der Waals surface area contributed by atoms with E-state index in [9.17, 15) is 0 Å². The predicted octanol–water partition coefficient (Wildman–Crippen LogP) is 5.02. The van der Waals surface area contributed by atoms with Crippen molar-refractivity contribution in [2.45, 2.75) is 6.92 Å². The number of anilines is 1. The number of hydrogen-bond acceptors (Lipinski definition) is 4. The number of thiophene rings is 1. The summed E-state index contributed by atoms with van der Waals surface area (Å²) in [5.74, 6) is 1.38. The first-order valence-electron chi connectivity index (χ1n) is 6.00. The Balaban J connectivity index is 2.31. The van der Waals surface area contributed by atoms with E-state index >= 15 is 0 Å². The van der Waals surface area contributed by atoms with Crippen LogP contribution in [0.3, 0.4) is 0 Å². The summed E-state index contributed by atoms with van der Waals surface area (Å²) in [6.07, 6.45) is 0. The van der Waals surface area contributed by atoms with Gasteiger partial charge in [0.05, 0.1) is 15.4 Å². The van der Waals surface area contributed by atoms with Crippen molar-refractivity contribution >= 4 is 51.3 Å². The highest BCUT2D eigenvalue weighted by Crippen LogP contribution is 2.38. The molecule has 102 valence electrons. The van der Waals surface area contributed by atoms with E-state index < -0.39 is 0 Å². The van der Waals surface area contributed by atoms with Gasteiger partial charge in [-0.3, -0.25) is 0 Å². The zero-order chi connectivity index (χ0) is 14.3. The lowest BCUT2D eigenvalue weighted by Gasteiger charge is -2.09. The third-order valence-corrected chi connectivity index (χ3v) is 4.55. The van der Waals surface area contributed by atoms with Crippen molar-refractivity contribution in [2.75, 3.05) is 12.4 Å². The molecule has 20 heavy (non-hydrogen) atoms.